The summed E-state index contributed by atoms with van der Waals surface area (Å²) in [6, 6.07) is 0. The lowest BCUT2D eigenvalue weighted by molar-refractivity contribution is 0.284. The van der Waals surface area contributed by atoms with E-state index in [9.17, 15) is 5.11 Å². The average Bonchev–Trinajstić information content (AvgIpc) is 3.33. The van der Waals surface area contributed by atoms with E-state index in [1.807, 2.05) is 79.6 Å². The second-order valence-corrected chi connectivity index (χ2v) is 11.7. The van der Waals surface area contributed by atoms with Crippen molar-refractivity contribution in [3.05, 3.63) is 88.3 Å². The Morgan fingerprint density at radius 3 is 2.19 bits per heavy atom. The highest BCUT2D eigenvalue weighted by molar-refractivity contribution is 5.48. The maximum Gasteiger partial charge on any atom is 0.139 e. The molecule has 0 amide bonds. The van der Waals surface area contributed by atoms with Crippen molar-refractivity contribution in [3.63, 3.8) is 0 Å². The van der Waals surface area contributed by atoms with Gasteiger partial charge >= 0.3 is 0 Å². The highest BCUT2D eigenvalue weighted by Crippen LogP contribution is 2.28. The largest absolute Gasteiger partial charge is 0.392 e. The number of allylic oxidation sites excluding steroid dienone is 8. The zero-order chi connectivity index (χ0) is 35.5. The van der Waals surface area contributed by atoms with Gasteiger partial charge in [0.25, 0.3) is 0 Å². The molecule has 264 valence electrons. The number of aliphatic hydroxyl groups excluding tert-OH is 1. The summed E-state index contributed by atoms with van der Waals surface area (Å²) in [6.07, 6.45) is 31.8. The molecule has 0 saturated heterocycles. The Balaban J connectivity index is 0.000000827. The van der Waals surface area contributed by atoms with Gasteiger partial charge in [-0.1, -0.05) is 122 Å². The average molecular weight is 647 g/mol. The smallest absolute Gasteiger partial charge is 0.139 e. The van der Waals surface area contributed by atoms with Crippen LogP contribution in [-0.2, 0) is 0 Å². The van der Waals surface area contributed by atoms with Crippen LogP contribution in [0.25, 0.3) is 12.2 Å². The molecule has 0 aromatic carbocycles. The number of hydrogen-bond donors (Lipinski definition) is 2. The zero-order valence-electron chi connectivity index (χ0n) is 31.9. The molecular weight excluding hydrogens is 576 g/mol. The number of nitrogens with one attached hydrogen (secondary N) is 1. The lowest BCUT2D eigenvalue weighted by atomic mass is 9.83. The molecule has 47 heavy (non-hydrogen) atoms. The number of aromatic nitrogens is 2. The summed E-state index contributed by atoms with van der Waals surface area (Å²) < 4.78 is 0. The second kappa shape index (κ2) is 28.0. The van der Waals surface area contributed by atoms with Crippen LogP contribution >= 0.6 is 0 Å². The summed E-state index contributed by atoms with van der Waals surface area (Å²) in [4.78, 5) is 11.0. The SMILES string of the molecule is C=CCC/C(=C/CO)C1=CC(CNCC2CCC(C)CC2)=CCC=C1.CC.CC.CC.Cc1nc(N(C)C)/c2c(n1)=CC/C=C\C\C=2. The fraction of sp³-hybridized carbons (Fsp3) is 0.571. The minimum Gasteiger partial charge on any atom is -0.392 e. The Hall–Kier alpha value is -3.02. The highest BCUT2D eigenvalue weighted by Gasteiger charge is 2.17. The maximum atomic E-state index is 9.33. The van der Waals surface area contributed by atoms with Gasteiger partial charge in [0.1, 0.15) is 11.6 Å². The predicted molar refractivity (Wildman–Crippen MR) is 210 cm³/mol. The van der Waals surface area contributed by atoms with Gasteiger partial charge in [0.15, 0.2) is 0 Å². The van der Waals surface area contributed by atoms with Gasteiger partial charge in [0, 0.05) is 25.9 Å². The second-order valence-electron chi connectivity index (χ2n) is 11.7. The first-order valence-corrected chi connectivity index (χ1v) is 18.5. The maximum absolute atomic E-state index is 9.33. The van der Waals surface area contributed by atoms with E-state index in [1.165, 1.54) is 42.4 Å². The number of fused-ring (bicyclic) bond motifs is 1. The van der Waals surface area contributed by atoms with E-state index >= 15 is 0 Å². The molecule has 1 heterocycles. The summed E-state index contributed by atoms with van der Waals surface area (Å²) >= 11 is 0. The van der Waals surface area contributed by atoms with Crippen LogP contribution in [0.5, 0.6) is 0 Å². The van der Waals surface area contributed by atoms with Crippen LogP contribution in [-0.4, -0.2) is 48.9 Å². The Morgan fingerprint density at radius 2 is 1.57 bits per heavy atom. The third-order valence-electron chi connectivity index (χ3n) is 7.94. The van der Waals surface area contributed by atoms with E-state index < -0.39 is 0 Å². The molecule has 1 aromatic heterocycles. The third kappa shape index (κ3) is 17.6. The van der Waals surface area contributed by atoms with Crippen LogP contribution in [0.1, 0.15) is 112 Å². The lowest BCUT2D eigenvalue weighted by Crippen LogP contribution is -2.36. The Morgan fingerprint density at radius 1 is 0.936 bits per heavy atom. The van der Waals surface area contributed by atoms with Crippen LogP contribution < -0.4 is 20.8 Å². The van der Waals surface area contributed by atoms with Gasteiger partial charge in [0.05, 0.1) is 12.0 Å². The van der Waals surface area contributed by atoms with E-state index in [0.29, 0.717) is 0 Å². The predicted octanol–water partition coefficient (Wildman–Crippen LogP) is 8.94. The van der Waals surface area contributed by atoms with E-state index in [-0.39, 0.29) is 6.61 Å². The van der Waals surface area contributed by atoms with Crippen molar-refractivity contribution in [3.8, 4) is 0 Å². The minimum absolute atomic E-state index is 0.0923. The number of anilines is 1. The summed E-state index contributed by atoms with van der Waals surface area (Å²) in [5, 5.41) is 15.2. The Kier molecular flexibility index (Phi) is 26.2. The molecule has 3 aliphatic rings. The van der Waals surface area contributed by atoms with Crippen molar-refractivity contribution in [1.29, 1.82) is 0 Å². The summed E-state index contributed by atoms with van der Waals surface area (Å²) in [5.41, 5.74) is 3.80. The molecule has 1 saturated carbocycles. The number of aryl methyl sites for hydroxylation is 1. The first kappa shape index (κ1) is 44.0. The molecule has 5 heteroatoms. The van der Waals surface area contributed by atoms with Crippen molar-refractivity contribution in [2.45, 2.75) is 113 Å². The molecular formula is C42H70N4O. The molecule has 5 nitrogen and oxygen atoms in total. The zero-order valence-corrected chi connectivity index (χ0v) is 31.9. The molecule has 0 unspecified atom stereocenters. The molecule has 0 aliphatic heterocycles. The van der Waals surface area contributed by atoms with Crippen molar-refractivity contribution >= 4 is 18.0 Å². The molecule has 0 atom stereocenters. The normalized spacial score (nSPS) is 19.6. The van der Waals surface area contributed by atoms with Crippen LogP contribution in [0, 0.1) is 18.8 Å². The van der Waals surface area contributed by atoms with Gasteiger partial charge in [-0.05, 0) is 87.0 Å². The quantitative estimate of drug-likeness (QED) is 0.249. The lowest BCUT2D eigenvalue weighted by Gasteiger charge is -2.26. The van der Waals surface area contributed by atoms with Crippen molar-refractivity contribution in [1.82, 2.24) is 15.3 Å². The standard InChI is InChI=1S/C23H35NO.C13H17N3.3C2H6/c1-3-4-8-22(14-15-25)23-9-6-5-7-21(16-23)18-24-17-20-12-10-19(2)11-13-20;1-10-14-12-9-7-5-4-6-8-11(12)13(15-10)16(2)3;3*1-2/h3,6-7,9,14,16,19-20,24-25H,1,4-5,8,10-13,15,17-18H2,2H3;4-5,8-9H,6-7H2,1-3H3;3*1-2H3/b22-14-;5-4-,11-8+,12-9?;;;. The summed E-state index contributed by atoms with van der Waals surface area (Å²) in [6.45, 7) is 22.3. The number of nitrogens with zero attached hydrogens (tertiary/aromatic N) is 3. The Labute approximate surface area is 289 Å². The fourth-order valence-corrected chi connectivity index (χ4v) is 5.57. The van der Waals surface area contributed by atoms with Gasteiger partial charge < -0.3 is 15.3 Å². The van der Waals surface area contributed by atoms with E-state index in [0.717, 1.165) is 79.2 Å². The molecule has 2 N–H and O–H groups in total. The molecule has 0 spiro atoms. The van der Waals surface area contributed by atoms with Crippen LogP contribution in [0.2, 0.25) is 0 Å². The minimum atomic E-state index is 0.0923. The van der Waals surface area contributed by atoms with Crippen molar-refractivity contribution in [2.24, 2.45) is 11.8 Å². The molecule has 0 bridgehead atoms. The monoisotopic (exact) mass is 647 g/mol. The van der Waals surface area contributed by atoms with E-state index in [2.05, 4.69) is 77.4 Å². The van der Waals surface area contributed by atoms with Gasteiger partial charge in [-0.2, -0.15) is 0 Å². The fourth-order valence-electron chi connectivity index (χ4n) is 5.57. The number of rotatable bonds is 10. The highest BCUT2D eigenvalue weighted by atomic mass is 16.2. The molecule has 0 radical (unpaired) electrons. The first-order valence-electron chi connectivity index (χ1n) is 18.5. The van der Waals surface area contributed by atoms with Gasteiger partial charge in [-0.3, -0.25) is 0 Å². The third-order valence-corrected chi connectivity index (χ3v) is 7.94. The van der Waals surface area contributed by atoms with Gasteiger partial charge in [-0.15, -0.1) is 6.58 Å². The number of hydrogen-bond acceptors (Lipinski definition) is 5. The van der Waals surface area contributed by atoms with Gasteiger partial charge in [-0.25, -0.2) is 9.97 Å². The molecule has 4 rings (SSSR count). The molecule has 1 aromatic rings. The molecule has 1 fully saturated rings. The molecule has 3 aliphatic carbocycles. The topological polar surface area (TPSA) is 61.3 Å². The summed E-state index contributed by atoms with van der Waals surface area (Å²) in [5.74, 6) is 3.61. The van der Waals surface area contributed by atoms with E-state index in [1.54, 1.807) is 0 Å². The van der Waals surface area contributed by atoms with Crippen LogP contribution in [0.3, 0.4) is 0 Å². The van der Waals surface area contributed by atoms with Crippen LogP contribution in [0.4, 0.5) is 5.82 Å². The number of aliphatic hydroxyl groups is 1. The van der Waals surface area contributed by atoms with Crippen molar-refractivity contribution in [2.75, 3.05) is 38.7 Å². The van der Waals surface area contributed by atoms with Crippen LogP contribution in [0.15, 0.2) is 71.9 Å². The van der Waals surface area contributed by atoms with Gasteiger partial charge in [0.2, 0.25) is 0 Å². The first-order chi connectivity index (χ1) is 22.9. The Bertz CT molecular complexity index is 1260. The van der Waals surface area contributed by atoms with E-state index in [4.69, 9.17) is 0 Å². The van der Waals surface area contributed by atoms with Crippen molar-refractivity contribution < 1.29 is 5.11 Å². The summed E-state index contributed by atoms with van der Waals surface area (Å²) in [7, 11) is 4.04.